The van der Waals surface area contributed by atoms with Gasteiger partial charge in [0.25, 0.3) is 0 Å². The van der Waals surface area contributed by atoms with Crippen molar-refractivity contribution in [2.45, 2.75) is 90.5 Å². The van der Waals surface area contributed by atoms with Crippen LogP contribution in [0.2, 0.25) is 0 Å². The summed E-state index contributed by atoms with van der Waals surface area (Å²) >= 11 is 5.43. The smallest absolute Gasteiger partial charge is 0.160 e. The van der Waals surface area contributed by atoms with Gasteiger partial charge in [-0.3, -0.25) is 0 Å². The number of aromatic hydroxyl groups is 1. The monoisotopic (exact) mass is 431 g/mol. The molecular weight excluding hydrogens is 390 g/mol. The molecule has 0 spiro atoms. The Bertz CT molecular complexity index is 640. The Morgan fingerprint density at radius 2 is 1.63 bits per heavy atom. The van der Waals surface area contributed by atoms with E-state index in [2.05, 4.69) is 36.5 Å². The van der Waals surface area contributed by atoms with E-state index >= 15 is 0 Å². The van der Waals surface area contributed by atoms with E-state index in [1.54, 1.807) is 13.2 Å². The molecule has 0 aliphatic carbocycles. The predicted octanol–water partition coefficient (Wildman–Crippen LogP) is 7.63. The first-order chi connectivity index (χ1) is 14.7. The van der Waals surface area contributed by atoms with Crippen LogP contribution in [-0.2, 0) is 6.54 Å². The number of nitrogens with one attached hydrogen (secondary N) is 1. The zero-order valence-electron chi connectivity index (χ0n) is 19.0. The average molecular weight is 432 g/mol. The molecule has 0 fully saturated rings. The van der Waals surface area contributed by atoms with Crippen LogP contribution in [0.15, 0.2) is 42.5 Å². The number of hydrogen-bond donors (Lipinski definition) is 2. The number of rotatable bonds is 17. The minimum atomic E-state index is 0.161. The fourth-order valence-electron chi connectivity index (χ4n) is 3.22. The molecule has 0 unspecified atom stereocenters. The lowest BCUT2D eigenvalue weighted by molar-refractivity contribution is 0.373. The van der Waals surface area contributed by atoms with Crippen LogP contribution in [0.4, 0.5) is 0 Å². The van der Waals surface area contributed by atoms with Crippen LogP contribution >= 0.6 is 12.2 Å². The Morgan fingerprint density at radius 1 is 0.967 bits per heavy atom. The number of thiocarbonyl (C=S) groups is 1. The summed E-state index contributed by atoms with van der Waals surface area (Å²) in [4.78, 5) is 0.910. The van der Waals surface area contributed by atoms with E-state index in [4.69, 9.17) is 17.0 Å². The molecule has 2 N–H and O–H groups in total. The molecule has 3 nitrogen and oxygen atoms in total. The summed E-state index contributed by atoms with van der Waals surface area (Å²) in [6.45, 7) is 2.91. The standard InChI is InChI=1S/C26H41NO2S/c1-3-4-5-6-7-8-9-10-11-12-13-14-15-16-17-18-26(30)27-22-23-19-20-24(28)25(21-23)29-2/h7-8,10-11,19-21,28H,3-6,9,12-18,22H2,1-2H3,(H,27,30). The fraction of sp³-hybridized carbons (Fsp3) is 0.577. The number of methoxy groups -OCH3 is 1. The second-order valence-corrected chi connectivity index (χ2v) is 8.26. The number of phenolic OH excluding ortho intramolecular Hbond substituents is 1. The third-order valence-corrected chi connectivity index (χ3v) is 5.44. The van der Waals surface area contributed by atoms with Gasteiger partial charge < -0.3 is 15.2 Å². The van der Waals surface area contributed by atoms with Crippen molar-refractivity contribution >= 4 is 17.2 Å². The zero-order chi connectivity index (χ0) is 21.9. The van der Waals surface area contributed by atoms with Crippen LogP contribution in [0.25, 0.3) is 0 Å². The highest BCUT2D eigenvalue weighted by molar-refractivity contribution is 7.80. The van der Waals surface area contributed by atoms with Gasteiger partial charge in [0.1, 0.15) is 0 Å². The molecule has 0 radical (unpaired) electrons. The Labute approximate surface area is 189 Å². The van der Waals surface area contributed by atoms with Crippen molar-refractivity contribution in [1.29, 1.82) is 0 Å². The lowest BCUT2D eigenvalue weighted by Gasteiger charge is -2.10. The molecule has 168 valence electrons. The minimum absolute atomic E-state index is 0.161. The second kappa shape index (κ2) is 18.0. The highest BCUT2D eigenvalue weighted by atomic mass is 32.1. The number of unbranched alkanes of at least 4 members (excludes halogenated alkanes) is 8. The van der Waals surface area contributed by atoms with Gasteiger partial charge in [0.15, 0.2) is 11.5 Å². The van der Waals surface area contributed by atoms with Gasteiger partial charge >= 0.3 is 0 Å². The molecule has 0 saturated heterocycles. The van der Waals surface area contributed by atoms with Gasteiger partial charge in [0, 0.05) is 6.54 Å². The van der Waals surface area contributed by atoms with Gasteiger partial charge in [0.2, 0.25) is 0 Å². The lowest BCUT2D eigenvalue weighted by atomic mass is 10.1. The van der Waals surface area contributed by atoms with Gasteiger partial charge in [-0.2, -0.15) is 0 Å². The summed E-state index contributed by atoms with van der Waals surface area (Å²) < 4.78 is 5.14. The summed E-state index contributed by atoms with van der Waals surface area (Å²) in [6, 6.07) is 5.37. The molecule has 0 saturated carbocycles. The van der Waals surface area contributed by atoms with E-state index in [9.17, 15) is 5.11 Å². The molecule has 0 heterocycles. The van der Waals surface area contributed by atoms with Crippen molar-refractivity contribution in [3.05, 3.63) is 48.1 Å². The summed E-state index contributed by atoms with van der Waals surface area (Å²) in [7, 11) is 1.56. The topological polar surface area (TPSA) is 41.5 Å². The molecule has 0 aliphatic heterocycles. The van der Waals surface area contributed by atoms with Crippen molar-refractivity contribution in [3.63, 3.8) is 0 Å². The van der Waals surface area contributed by atoms with Crippen LogP contribution in [0.3, 0.4) is 0 Å². The van der Waals surface area contributed by atoms with Crippen molar-refractivity contribution in [1.82, 2.24) is 5.32 Å². The number of allylic oxidation sites excluding steroid dienone is 4. The second-order valence-electron chi connectivity index (χ2n) is 7.76. The Balaban J connectivity index is 1.96. The van der Waals surface area contributed by atoms with Crippen LogP contribution in [0, 0.1) is 0 Å². The van der Waals surface area contributed by atoms with Gasteiger partial charge in [-0.05, 0) is 62.6 Å². The van der Waals surface area contributed by atoms with Gasteiger partial charge in [-0.1, -0.05) is 81.6 Å². The van der Waals surface area contributed by atoms with E-state index in [-0.39, 0.29) is 5.75 Å². The maximum atomic E-state index is 9.64. The molecule has 1 aromatic carbocycles. The van der Waals surface area contributed by atoms with Crippen LogP contribution in [-0.4, -0.2) is 17.2 Å². The number of hydrogen-bond acceptors (Lipinski definition) is 3. The highest BCUT2D eigenvalue weighted by Crippen LogP contribution is 2.26. The molecule has 1 aromatic rings. The summed E-state index contributed by atoms with van der Waals surface area (Å²) in [5, 5.41) is 12.9. The lowest BCUT2D eigenvalue weighted by Crippen LogP contribution is -2.20. The highest BCUT2D eigenvalue weighted by Gasteiger charge is 2.03. The van der Waals surface area contributed by atoms with Crippen molar-refractivity contribution in [2.75, 3.05) is 7.11 Å². The van der Waals surface area contributed by atoms with Crippen molar-refractivity contribution < 1.29 is 9.84 Å². The Morgan fingerprint density at radius 3 is 2.33 bits per heavy atom. The average Bonchev–Trinajstić information content (AvgIpc) is 2.75. The number of phenols is 1. The third-order valence-electron chi connectivity index (χ3n) is 5.09. The SMILES string of the molecule is CCCCCC=CCC=CCCCCCCCC(=S)NCc1ccc(O)c(OC)c1. The normalized spacial score (nSPS) is 11.4. The molecule has 0 amide bonds. The maximum absolute atomic E-state index is 9.64. The van der Waals surface area contributed by atoms with E-state index < -0.39 is 0 Å². The first-order valence-electron chi connectivity index (χ1n) is 11.6. The number of benzene rings is 1. The number of ether oxygens (including phenoxy) is 1. The van der Waals surface area contributed by atoms with Crippen LogP contribution < -0.4 is 10.1 Å². The third kappa shape index (κ3) is 13.4. The first-order valence-corrected chi connectivity index (χ1v) is 12.0. The molecule has 0 aromatic heterocycles. The molecule has 0 bridgehead atoms. The Kier molecular flexibility index (Phi) is 15.7. The molecular formula is C26H41NO2S. The molecule has 0 aliphatic rings. The minimum Gasteiger partial charge on any atom is -0.504 e. The molecule has 30 heavy (non-hydrogen) atoms. The largest absolute Gasteiger partial charge is 0.504 e. The van der Waals surface area contributed by atoms with Crippen molar-refractivity contribution in [2.24, 2.45) is 0 Å². The van der Waals surface area contributed by atoms with Gasteiger partial charge in [-0.25, -0.2) is 0 Å². The van der Waals surface area contributed by atoms with Crippen LogP contribution in [0.5, 0.6) is 11.5 Å². The summed E-state index contributed by atoms with van der Waals surface area (Å²) in [5.41, 5.74) is 1.05. The van der Waals surface area contributed by atoms with Gasteiger partial charge in [-0.15, -0.1) is 0 Å². The maximum Gasteiger partial charge on any atom is 0.160 e. The van der Waals surface area contributed by atoms with E-state index in [0.717, 1.165) is 29.8 Å². The molecule has 4 heteroatoms. The van der Waals surface area contributed by atoms with E-state index in [0.29, 0.717) is 12.3 Å². The summed E-state index contributed by atoms with van der Waals surface area (Å²) in [6.07, 6.45) is 23.9. The quantitative estimate of drug-likeness (QED) is 0.151. The van der Waals surface area contributed by atoms with Crippen molar-refractivity contribution in [3.8, 4) is 11.5 Å². The Hall–Kier alpha value is -1.81. The summed E-state index contributed by atoms with van der Waals surface area (Å²) in [5.74, 6) is 0.655. The molecule has 0 atom stereocenters. The fourth-order valence-corrected chi connectivity index (χ4v) is 3.43. The van der Waals surface area contributed by atoms with Gasteiger partial charge in [0.05, 0.1) is 12.1 Å². The predicted molar refractivity (Wildman–Crippen MR) is 133 cm³/mol. The first kappa shape index (κ1) is 26.2. The zero-order valence-corrected chi connectivity index (χ0v) is 19.8. The van der Waals surface area contributed by atoms with E-state index in [1.165, 1.54) is 57.8 Å². The van der Waals surface area contributed by atoms with E-state index in [1.807, 2.05) is 12.1 Å². The van der Waals surface area contributed by atoms with Crippen LogP contribution in [0.1, 0.15) is 89.5 Å². The molecule has 1 rings (SSSR count).